The molecule has 1 saturated carbocycles. The maximum absolute atomic E-state index is 13.7. The first-order valence-corrected chi connectivity index (χ1v) is 12.3. The minimum absolute atomic E-state index is 0.166. The van der Waals surface area contributed by atoms with Crippen LogP contribution in [0.3, 0.4) is 0 Å². The number of rotatable bonds is 6. The molecule has 0 atom stereocenters. The first kappa shape index (κ1) is 24.1. The fraction of sp³-hybridized carbons (Fsp3) is 0.333. The lowest BCUT2D eigenvalue weighted by atomic mass is 10.2. The van der Waals surface area contributed by atoms with Gasteiger partial charge in [0.25, 0.3) is 0 Å². The van der Waals surface area contributed by atoms with Crippen LogP contribution in [0, 0.1) is 0 Å². The first-order valence-electron chi connectivity index (χ1n) is 10.7. The van der Waals surface area contributed by atoms with Crippen molar-refractivity contribution in [3.05, 3.63) is 42.0 Å². The molecule has 4 aromatic heterocycles. The second-order valence-electron chi connectivity index (χ2n) is 8.18. The highest BCUT2D eigenvalue weighted by atomic mass is 32.2. The number of aromatic nitrogens is 7. The van der Waals surface area contributed by atoms with Crippen LogP contribution in [0.5, 0.6) is 0 Å². The maximum Gasteiger partial charge on any atom is 0.459 e. The highest BCUT2D eigenvalue weighted by molar-refractivity contribution is 7.91. The van der Waals surface area contributed by atoms with E-state index in [1.807, 2.05) is 0 Å². The van der Waals surface area contributed by atoms with Gasteiger partial charge in [-0.2, -0.15) is 22.0 Å². The number of fused-ring (bicyclic) bond motifs is 1. The maximum atomic E-state index is 13.7. The molecule has 5 rings (SSSR count). The van der Waals surface area contributed by atoms with Gasteiger partial charge in [0, 0.05) is 29.6 Å². The van der Waals surface area contributed by atoms with Crippen LogP contribution in [0.25, 0.3) is 34.1 Å². The predicted molar refractivity (Wildman–Crippen MR) is 116 cm³/mol. The smallest absolute Gasteiger partial charge is 0.335 e. The van der Waals surface area contributed by atoms with E-state index in [0.29, 0.717) is 17.5 Å². The Hall–Kier alpha value is -3.62. The molecule has 15 heteroatoms. The van der Waals surface area contributed by atoms with Crippen LogP contribution in [0.15, 0.2) is 35.5 Å². The van der Waals surface area contributed by atoms with Gasteiger partial charge in [-0.15, -0.1) is 10.2 Å². The summed E-state index contributed by atoms with van der Waals surface area (Å²) in [6.07, 6.45) is -0.956. The van der Waals surface area contributed by atoms with E-state index < -0.39 is 27.6 Å². The molecular formula is C21H16F5N7O2S. The van der Waals surface area contributed by atoms with Crippen LogP contribution < -0.4 is 0 Å². The summed E-state index contributed by atoms with van der Waals surface area (Å²) >= 11 is 0. The SMILES string of the molecule is CCS(=O)(=O)c1cc(-c2nccc(C3CC3)n2)cnc1-c1nc2nnc(C(F)(F)C(F)(F)F)cc2[nH]1. The van der Waals surface area contributed by atoms with Crippen LogP contribution in [0.4, 0.5) is 22.0 Å². The van der Waals surface area contributed by atoms with Gasteiger partial charge in [0.2, 0.25) is 0 Å². The number of hydrogen-bond acceptors (Lipinski definition) is 8. The van der Waals surface area contributed by atoms with Crippen molar-refractivity contribution in [2.24, 2.45) is 0 Å². The molecule has 36 heavy (non-hydrogen) atoms. The number of alkyl halides is 5. The summed E-state index contributed by atoms with van der Waals surface area (Å²) in [6.45, 7) is 1.42. The van der Waals surface area contributed by atoms with Crippen molar-refractivity contribution >= 4 is 21.0 Å². The van der Waals surface area contributed by atoms with Crippen molar-refractivity contribution in [3.63, 3.8) is 0 Å². The molecule has 188 valence electrons. The van der Waals surface area contributed by atoms with Gasteiger partial charge >= 0.3 is 12.1 Å². The number of halogens is 5. The van der Waals surface area contributed by atoms with Crippen molar-refractivity contribution in [2.45, 2.75) is 42.7 Å². The first-order chi connectivity index (χ1) is 16.9. The largest absolute Gasteiger partial charge is 0.459 e. The minimum atomic E-state index is -5.88. The van der Waals surface area contributed by atoms with E-state index in [0.717, 1.165) is 18.5 Å². The number of nitrogens with one attached hydrogen (secondary N) is 1. The summed E-state index contributed by atoms with van der Waals surface area (Å²) in [6, 6.07) is 3.58. The van der Waals surface area contributed by atoms with Gasteiger partial charge in [-0.3, -0.25) is 4.98 Å². The van der Waals surface area contributed by atoms with Crippen molar-refractivity contribution in [1.29, 1.82) is 0 Å². The molecule has 1 aliphatic rings. The molecule has 4 heterocycles. The lowest BCUT2D eigenvalue weighted by Crippen LogP contribution is -2.34. The molecule has 0 saturated heterocycles. The monoisotopic (exact) mass is 525 g/mol. The van der Waals surface area contributed by atoms with Crippen LogP contribution in [-0.2, 0) is 15.8 Å². The Bertz CT molecular complexity index is 1580. The lowest BCUT2D eigenvalue weighted by Gasteiger charge is -2.17. The highest BCUT2D eigenvalue weighted by Gasteiger charge is 2.60. The minimum Gasteiger partial charge on any atom is -0.335 e. The van der Waals surface area contributed by atoms with E-state index in [4.69, 9.17) is 0 Å². The molecule has 1 N–H and O–H groups in total. The van der Waals surface area contributed by atoms with Crippen molar-refractivity contribution in [2.75, 3.05) is 5.75 Å². The van der Waals surface area contributed by atoms with E-state index in [1.165, 1.54) is 19.2 Å². The summed E-state index contributed by atoms with van der Waals surface area (Å²) in [5.74, 6) is -5.12. The zero-order chi connectivity index (χ0) is 25.9. The molecule has 1 fully saturated rings. The van der Waals surface area contributed by atoms with E-state index in [-0.39, 0.29) is 39.2 Å². The molecule has 0 aromatic carbocycles. The Morgan fingerprint density at radius 1 is 1.06 bits per heavy atom. The van der Waals surface area contributed by atoms with E-state index in [1.54, 1.807) is 12.3 Å². The summed E-state index contributed by atoms with van der Waals surface area (Å²) in [4.78, 5) is 19.2. The summed E-state index contributed by atoms with van der Waals surface area (Å²) in [7, 11) is -3.89. The van der Waals surface area contributed by atoms with Gasteiger partial charge < -0.3 is 4.98 Å². The van der Waals surface area contributed by atoms with Gasteiger partial charge in [0.15, 0.2) is 27.1 Å². The van der Waals surface area contributed by atoms with Crippen LogP contribution >= 0.6 is 0 Å². The Balaban J connectivity index is 1.61. The summed E-state index contributed by atoms with van der Waals surface area (Å²) in [5, 5.41) is 6.31. The molecule has 1 aliphatic carbocycles. The normalized spacial score (nSPS) is 14.9. The zero-order valence-corrected chi connectivity index (χ0v) is 19.2. The van der Waals surface area contributed by atoms with Gasteiger partial charge in [-0.05, 0) is 31.0 Å². The average molecular weight is 525 g/mol. The molecule has 9 nitrogen and oxygen atoms in total. The van der Waals surface area contributed by atoms with Crippen LogP contribution in [-0.4, -0.2) is 55.5 Å². The number of sulfone groups is 1. The fourth-order valence-electron chi connectivity index (χ4n) is 3.49. The molecule has 0 aliphatic heterocycles. The number of imidazole rings is 1. The Morgan fingerprint density at radius 3 is 2.47 bits per heavy atom. The second-order valence-corrected chi connectivity index (χ2v) is 10.4. The quantitative estimate of drug-likeness (QED) is 0.371. The average Bonchev–Trinajstić information content (AvgIpc) is 3.61. The summed E-state index contributed by atoms with van der Waals surface area (Å²) < 4.78 is 91.4. The standard InChI is InChI=1S/C21H16F5N7O2S/c1-2-36(34,35)14-7-11(17-27-6-5-12(29-17)10-3-4-10)9-28-16(14)19-30-13-8-15(32-33-18(13)31-19)20(22,23)21(24,25)26/h5-10H,2-4H2,1H3,(H,30,31,33). The van der Waals surface area contributed by atoms with Crippen molar-refractivity contribution in [1.82, 2.24) is 35.1 Å². The number of H-pyrrole nitrogens is 1. The van der Waals surface area contributed by atoms with Crippen molar-refractivity contribution in [3.8, 4) is 22.9 Å². The van der Waals surface area contributed by atoms with E-state index in [2.05, 4.69) is 35.1 Å². The van der Waals surface area contributed by atoms with Gasteiger partial charge in [-0.1, -0.05) is 6.92 Å². The third-order valence-corrected chi connectivity index (χ3v) is 7.39. The van der Waals surface area contributed by atoms with E-state index >= 15 is 0 Å². The Kier molecular flexibility index (Phi) is 5.50. The van der Waals surface area contributed by atoms with Crippen LogP contribution in [0.2, 0.25) is 0 Å². The van der Waals surface area contributed by atoms with E-state index in [9.17, 15) is 30.4 Å². The topological polar surface area (TPSA) is 127 Å². The second kappa shape index (κ2) is 8.21. The lowest BCUT2D eigenvalue weighted by molar-refractivity contribution is -0.291. The van der Waals surface area contributed by atoms with Crippen molar-refractivity contribution < 1.29 is 30.4 Å². The third-order valence-electron chi connectivity index (χ3n) is 5.65. The van der Waals surface area contributed by atoms with Gasteiger partial charge in [-0.25, -0.2) is 23.4 Å². The molecule has 0 spiro atoms. The Morgan fingerprint density at radius 2 is 1.81 bits per heavy atom. The van der Waals surface area contributed by atoms with Gasteiger partial charge in [0.05, 0.1) is 16.2 Å². The van der Waals surface area contributed by atoms with Crippen LogP contribution in [0.1, 0.15) is 37.1 Å². The predicted octanol–water partition coefficient (Wildman–Crippen LogP) is 4.20. The third kappa shape index (κ3) is 4.16. The molecule has 0 unspecified atom stereocenters. The number of nitrogens with zero attached hydrogens (tertiary/aromatic N) is 6. The number of pyridine rings is 1. The fourth-order valence-corrected chi connectivity index (χ4v) is 4.55. The zero-order valence-electron chi connectivity index (χ0n) is 18.4. The molecule has 0 radical (unpaired) electrons. The Labute approximate surface area is 200 Å². The number of aromatic amines is 1. The molecule has 0 amide bonds. The summed E-state index contributed by atoms with van der Waals surface area (Å²) in [5.41, 5.74) is -1.22. The number of hydrogen-bond donors (Lipinski definition) is 1. The molecular weight excluding hydrogens is 509 g/mol. The molecule has 4 aromatic rings. The van der Waals surface area contributed by atoms with Gasteiger partial charge in [0.1, 0.15) is 11.4 Å². The molecule has 0 bridgehead atoms. The highest BCUT2D eigenvalue weighted by Crippen LogP contribution is 2.43.